The van der Waals surface area contributed by atoms with E-state index in [0.29, 0.717) is 5.56 Å². The molecule has 5 heteroatoms. The second-order valence-corrected chi connectivity index (χ2v) is 5.94. The van der Waals surface area contributed by atoms with Gasteiger partial charge in [0.15, 0.2) is 0 Å². The molecule has 3 heterocycles. The monoisotopic (exact) mass is 310 g/mol. The molecule has 0 aliphatic carbocycles. The highest BCUT2D eigenvalue weighted by molar-refractivity contribution is 5.96. The molecule has 120 valence electrons. The van der Waals surface area contributed by atoms with Crippen LogP contribution in [0.5, 0.6) is 0 Å². The Balaban J connectivity index is 1.71. The molecule has 3 aromatic heterocycles. The first-order chi connectivity index (χ1) is 11.1. The van der Waals surface area contributed by atoms with Crippen LogP contribution in [-0.4, -0.2) is 25.9 Å². The first-order valence-corrected chi connectivity index (χ1v) is 7.96. The van der Waals surface area contributed by atoms with Crippen molar-refractivity contribution in [2.45, 2.75) is 39.8 Å². The van der Waals surface area contributed by atoms with E-state index in [4.69, 9.17) is 0 Å². The Kier molecular flexibility index (Phi) is 4.19. The molecular weight excluding hydrogens is 288 g/mol. The first-order valence-electron chi connectivity index (χ1n) is 7.96. The molecule has 0 radical (unpaired) electrons. The summed E-state index contributed by atoms with van der Waals surface area (Å²) in [6.07, 6.45) is 8.48. The second kappa shape index (κ2) is 6.28. The number of aryl methyl sites for hydroxylation is 2. The van der Waals surface area contributed by atoms with Crippen molar-refractivity contribution in [1.29, 1.82) is 0 Å². The van der Waals surface area contributed by atoms with Gasteiger partial charge in [0, 0.05) is 49.3 Å². The van der Waals surface area contributed by atoms with Gasteiger partial charge in [0.2, 0.25) is 0 Å². The summed E-state index contributed by atoms with van der Waals surface area (Å²) in [4.78, 5) is 16.8. The van der Waals surface area contributed by atoms with Gasteiger partial charge in [-0.2, -0.15) is 0 Å². The van der Waals surface area contributed by atoms with Gasteiger partial charge in [-0.1, -0.05) is 13.0 Å². The Bertz CT molecular complexity index is 831. The molecular formula is C18H22N4O. The molecule has 0 spiro atoms. The zero-order valence-corrected chi connectivity index (χ0v) is 13.8. The number of pyridine rings is 1. The molecule has 1 unspecified atom stereocenters. The normalized spacial score (nSPS) is 12.5. The fourth-order valence-electron chi connectivity index (χ4n) is 2.88. The maximum absolute atomic E-state index is 12.5. The first kappa shape index (κ1) is 15.3. The quantitative estimate of drug-likeness (QED) is 0.788. The van der Waals surface area contributed by atoms with Gasteiger partial charge >= 0.3 is 0 Å². The summed E-state index contributed by atoms with van der Waals surface area (Å²) in [5.74, 6) is 0.995. The van der Waals surface area contributed by atoms with Crippen LogP contribution in [-0.2, 0) is 13.0 Å². The number of nitrogens with one attached hydrogen (secondary N) is 1. The van der Waals surface area contributed by atoms with Crippen LogP contribution in [0.1, 0.15) is 35.6 Å². The van der Waals surface area contributed by atoms with Crippen molar-refractivity contribution in [2.75, 3.05) is 0 Å². The van der Waals surface area contributed by atoms with Gasteiger partial charge in [0.05, 0.1) is 5.56 Å². The molecule has 0 aliphatic rings. The highest BCUT2D eigenvalue weighted by Crippen LogP contribution is 2.14. The van der Waals surface area contributed by atoms with Crippen LogP contribution in [0.4, 0.5) is 0 Å². The van der Waals surface area contributed by atoms with Gasteiger partial charge in [-0.25, -0.2) is 4.98 Å². The Hall–Kier alpha value is -2.56. The number of nitrogens with zero attached hydrogens (tertiary/aromatic N) is 3. The molecule has 3 aromatic rings. The number of aromatic nitrogens is 3. The van der Waals surface area contributed by atoms with Crippen LogP contribution < -0.4 is 5.32 Å². The summed E-state index contributed by atoms with van der Waals surface area (Å²) in [6, 6.07) is 6.00. The average Bonchev–Trinajstić information content (AvgIpc) is 3.14. The lowest BCUT2D eigenvalue weighted by atomic mass is 10.2. The summed E-state index contributed by atoms with van der Waals surface area (Å²) in [7, 11) is 0. The minimum atomic E-state index is -0.0428. The standard InChI is InChI=1S/C18H22N4O/c1-4-17-19-7-9-22(17)11-14(3)20-18(23)15-10-16-13(2)6-5-8-21(16)12-15/h5-10,12,14H,4,11H2,1-3H3,(H,20,23). The molecule has 0 saturated carbocycles. The van der Waals surface area contributed by atoms with Gasteiger partial charge in [-0.05, 0) is 31.5 Å². The Morgan fingerprint density at radius 2 is 2.22 bits per heavy atom. The Labute approximate surface area is 136 Å². The molecule has 1 amide bonds. The number of carbonyl (C=O) groups excluding carboxylic acids is 1. The Morgan fingerprint density at radius 1 is 1.39 bits per heavy atom. The predicted molar refractivity (Wildman–Crippen MR) is 90.7 cm³/mol. The summed E-state index contributed by atoms with van der Waals surface area (Å²) >= 11 is 0. The number of hydrogen-bond acceptors (Lipinski definition) is 2. The highest BCUT2D eigenvalue weighted by Gasteiger charge is 2.13. The van der Waals surface area contributed by atoms with Crippen molar-refractivity contribution in [3.63, 3.8) is 0 Å². The molecule has 1 atom stereocenters. The van der Waals surface area contributed by atoms with Crippen LogP contribution in [0.3, 0.4) is 0 Å². The van der Waals surface area contributed by atoms with E-state index in [1.165, 1.54) is 0 Å². The second-order valence-electron chi connectivity index (χ2n) is 5.94. The van der Waals surface area contributed by atoms with E-state index in [1.807, 2.05) is 55.0 Å². The highest BCUT2D eigenvalue weighted by atomic mass is 16.1. The van der Waals surface area contributed by atoms with Crippen molar-refractivity contribution in [3.05, 3.63) is 59.9 Å². The van der Waals surface area contributed by atoms with Gasteiger partial charge in [-0.15, -0.1) is 0 Å². The van der Waals surface area contributed by atoms with Crippen molar-refractivity contribution < 1.29 is 4.79 Å². The summed E-state index contributed by atoms with van der Waals surface area (Å²) in [6.45, 7) is 6.86. The third-order valence-electron chi connectivity index (χ3n) is 4.07. The van der Waals surface area contributed by atoms with Crippen LogP contribution >= 0.6 is 0 Å². The summed E-state index contributed by atoms with van der Waals surface area (Å²) in [5, 5.41) is 3.07. The minimum Gasteiger partial charge on any atom is -0.348 e. The third kappa shape index (κ3) is 3.13. The number of hydrogen-bond donors (Lipinski definition) is 1. The number of imidazole rings is 1. The van der Waals surface area contributed by atoms with E-state index in [2.05, 4.69) is 21.8 Å². The van der Waals surface area contributed by atoms with Crippen molar-refractivity contribution in [3.8, 4) is 0 Å². The molecule has 5 nitrogen and oxygen atoms in total. The molecule has 23 heavy (non-hydrogen) atoms. The minimum absolute atomic E-state index is 0.0334. The van der Waals surface area contributed by atoms with Crippen molar-refractivity contribution in [2.24, 2.45) is 0 Å². The lowest BCUT2D eigenvalue weighted by Gasteiger charge is -2.15. The number of fused-ring (bicyclic) bond motifs is 1. The maximum atomic E-state index is 12.5. The van der Waals surface area contributed by atoms with Crippen LogP contribution in [0.25, 0.3) is 5.52 Å². The van der Waals surface area contributed by atoms with Crippen LogP contribution in [0, 0.1) is 6.92 Å². The fraction of sp³-hybridized carbons (Fsp3) is 0.333. The van der Waals surface area contributed by atoms with E-state index in [0.717, 1.165) is 29.9 Å². The lowest BCUT2D eigenvalue weighted by Crippen LogP contribution is -2.35. The van der Waals surface area contributed by atoms with Crippen LogP contribution in [0.15, 0.2) is 43.0 Å². The van der Waals surface area contributed by atoms with E-state index < -0.39 is 0 Å². The summed E-state index contributed by atoms with van der Waals surface area (Å²) < 4.78 is 4.07. The van der Waals surface area contributed by atoms with Crippen molar-refractivity contribution >= 4 is 11.4 Å². The molecule has 3 rings (SSSR count). The number of rotatable bonds is 5. The van der Waals surface area contributed by atoms with E-state index >= 15 is 0 Å². The largest absolute Gasteiger partial charge is 0.348 e. The number of carbonyl (C=O) groups is 1. The predicted octanol–water partition coefficient (Wildman–Crippen LogP) is 2.83. The van der Waals surface area contributed by atoms with Gasteiger partial charge in [0.1, 0.15) is 5.82 Å². The molecule has 0 saturated heterocycles. The number of amides is 1. The van der Waals surface area contributed by atoms with Crippen LogP contribution in [0.2, 0.25) is 0 Å². The zero-order chi connectivity index (χ0) is 16.4. The molecule has 1 N–H and O–H groups in total. The summed E-state index contributed by atoms with van der Waals surface area (Å²) in [5.41, 5.74) is 2.91. The van der Waals surface area contributed by atoms with E-state index in [-0.39, 0.29) is 11.9 Å². The topological polar surface area (TPSA) is 51.3 Å². The molecule has 0 aliphatic heterocycles. The molecule has 0 aromatic carbocycles. The third-order valence-corrected chi connectivity index (χ3v) is 4.07. The smallest absolute Gasteiger partial charge is 0.253 e. The Morgan fingerprint density at radius 3 is 2.96 bits per heavy atom. The van der Waals surface area contributed by atoms with E-state index in [9.17, 15) is 4.79 Å². The van der Waals surface area contributed by atoms with Crippen molar-refractivity contribution in [1.82, 2.24) is 19.3 Å². The van der Waals surface area contributed by atoms with E-state index in [1.54, 1.807) is 6.20 Å². The molecule has 0 bridgehead atoms. The van der Waals surface area contributed by atoms with Gasteiger partial charge in [0.25, 0.3) is 5.91 Å². The average molecular weight is 310 g/mol. The SMILES string of the molecule is CCc1nccn1CC(C)NC(=O)c1cc2c(C)cccn2c1. The van der Waals surface area contributed by atoms with Gasteiger partial charge in [-0.3, -0.25) is 4.79 Å². The maximum Gasteiger partial charge on any atom is 0.253 e. The van der Waals surface area contributed by atoms with Gasteiger partial charge < -0.3 is 14.3 Å². The fourth-order valence-corrected chi connectivity index (χ4v) is 2.88. The molecule has 0 fully saturated rings. The zero-order valence-electron chi connectivity index (χ0n) is 13.8. The lowest BCUT2D eigenvalue weighted by molar-refractivity contribution is 0.0936.